The number of nitrogens with zero attached hydrogens (tertiary/aromatic N) is 3. The molecule has 0 spiro atoms. The van der Waals surface area contributed by atoms with E-state index in [4.69, 9.17) is 14.0 Å². The van der Waals surface area contributed by atoms with Crippen molar-refractivity contribution in [3.63, 3.8) is 0 Å². The number of rotatable bonds is 6. The lowest BCUT2D eigenvalue weighted by Gasteiger charge is -2.09. The van der Waals surface area contributed by atoms with Crippen molar-refractivity contribution >= 4 is 33.5 Å². The van der Waals surface area contributed by atoms with Crippen LogP contribution in [-0.2, 0) is 0 Å². The molecule has 3 aromatic heterocycles. The Morgan fingerprint density at radius 2 is 1.90 bits per heavy atom. The molecule has 0 saturated heterocycles. The SMILES string of the molecule is COc1ccc(-c2csc(NC(=O)c3cc(C(C)C)nc4onc(C)c34)n2)cc1OC. The van der Waals surface area contributed by atoms with Gasteiger partial charge in [-0.1, -0.05) is 19.0 Å². The Bertz CT molecular complexity index is 1260. The van der Waals surface area contributed by atoms with Crippen LogP contribution in [0.4, 0.5) is 5.13 Å². The number of hydrogen-bond donors (Lipinski definition) is 1. The zero-order valence-corrected chi connectivity index (χ0v) is 18.7. The summed E-state index contributed by atoms with van der Waals surface area (Å²) in [5.74, 6) is 1.11. The van der Waals surface area contributed by atoms with Crippen LogP contribution in [0, 0.1) is 6.92 Å². The minimum Gasteiger partial charge on any atom is -0.493 e. The molecule has 0 fully saturated rings. The van der Waals surface area contributed by atoms with Crippen LogP contribution in [0.5, 0.6) is 11.5 Å². The first-order valence-electron chi connectivity index (χ1n) is 9.67. The molecule has 4 aromatic rings. The standard InChI is InChI=1S/C22H22N4O4S/c1-11(2)15-9-14(19-12(3)26-30-21(19)23-15)20(27)25-22-24-16(10-31-22)13-6-7-17(28-4)18(8-13)29-5/h6-11H,1-5H3,(H,24,25,27). The van der Waals surface area contributed by atoms with Crippen molar-refractivity contribution in [2.24, 2.45) is 0 Å². The fourth-order valence-corrected chi connectivity index (χ4v) is 3.93. The molecule has 0 radical (unpaired) electrons. The van der Waals surface area contributed by atoms with Crippen molar-refractivity contribution in [1.82, 2.24) is 15.1 Å². The fourth-order valence-electron chi connectivity index (χ4n) is 3.21. The van der Waals surface area contributed by atoms with Crippen molar-refractivity contribution < 1.29 is 18.8 Å². The van der Waals surface area contributed by atoms with Crippen LogP contribution >= 0.6 is 11.3 Å². The Morgan fingerprint density at radius 1 is 1.13 bits per heavy atom. The molecule has 9 heteroatoms. The second-order valence-electron chi connectivity index (χ2n) is 7.26. The number of nitrogens with one attached hydrogen (secondary N) is 1. The number of benzene rings is 1. The van der Waals surface area contributed by atoms with E-state index in [1.807, 2.05) is 37.4 Å². The number of fused-ring (bicyclic) bond motifs is 1. The van der Waals surface area contributed by atoms with Crippen LogP contribution in [-0.4, -0.2) is 35.3 Å². The quantitative estimate of drug-likeness (QED) is 0.450. The average Bonchev–Trinajstić information content (AvgIpc) is 3.39. The Hall–Kier alpha value is -3.46. The average molecular weight is 439 g/mol. The normalized spacial score (nSPS) is 11.2. The minimum absolute atomic E-state index is 0.137. The van der Waals surface area contributed by atoms with Crippen molar-refractivity contribution in [2.45, 2.75) is 26.7 Å². The number of hydrogen-bond acceptors (Lipinski definition) is 8. The molecule has 0 aliphatic carbocycles. The number of aromatic nitrogens is 3. The molecule has 0 aliphatic rings. The second kappa shape index (κ2) is 8.35. The van der Waals surface area contributed by atoms with Gasteiger partial charge in [0.1, 0.15) is 0 Å². The van der Waals surface area contributed by atoms with Crippen LogP contribution in [0.3, 0.4) is 0 Å². The number of thiazole rings is 1. The lowest BCUT2D eigenvalue weighted by Crippen LogP contribution is -2.13. The van der Waals surface area contributed by atoms with E-state index in [2.05, 4.69) is 20.4 Å². The van der Waals surface area contributed by atoms with Crippen LogP contribution in [0.25, 0.3) is 22.4 Å². The molecule has 1 amide bonds. The fraction of sp³-hybridized carbons (Fsp3) is 0.273. The molecule has 4 rings (SSSR count). The lowest BCUT2D eigenvalue weighted by atomic mass is 10.0. The minimum atomic E-state index is -0.284. The third-order valence-corrected chi connectivity index (χ3v) is 5.63. The summed E-state index contributed by atoms with van der Waals surface area (Å²) >= 11 is 1.34. The Balaban J connectivity index is 1.64. The molecule has 0 atom stereocenters. The van der Waals surface area contributed by atoms with E-state index in [1.165, 1.54) is 11.3 Å². The monoisotopic (exact) mass is 438 g/mol. The molecular weight excluding hydrogens is 416 g/mol. The second-order valence-corrected chi connectivity index (χ2v) is 8.12. The van der Waals surface area contributed by atoms with Gasteiger partial charge in [-0.15, -0.1) is 11.3 Å². The van der Waals surface area contributed by atoms with Gasteiger partial charge in [-0.2, -0.15) is 0 Å². The van der Waals surface area contributed by atoms with Gasteiger partial charge in [0.05, 0.1) is 36.6 Å². The van der Waals surface area contributed by atoms with E-state index in [0.717, 1.165) is 17.0 Å². The van der Waals surface area contributed by atoms with E-state index in [-0.39, 0.29) is 11.8 Å². The third-order valence-electron chi connectivity index (χ3n) is 4.88. The zero-order chi connectivity index (χ0) is 22.1. The maximum absolute atomic E-state index is 13.1. The van der Waals surface area contributed by atoms with Gasteiger partial charge in [0.15, 0.2) is 16.6 Å². The molecule has 0 bridgehead atoms. The Morgan fingerprint density at radius 3 is 2.61 bits per heavy atom. The summed E-state index contributed by atoms with van der Waals surface area (Å²) in [5.41, 5.74) is 3.80. The van der Waals surface area contributed by atoms with Gasteiger partial charge in [0, 0.05) is 16.6 Å². The maximum Gasteiger partial charge on any atom is 0.259 e. The van der Waals surface area contributed by atoms with Gasteiger partial charge < -0.3 is 14.0 Å². The van der Waals surface area contributed by atoms with Gasteiger partial charge in [-0.05, 0) is 37.1 Å². The number of methoxy groups -OCH3 is 2. The smallest absolute Gasteiger partial charge is 0.259 e. The Kier molecular flexibility index (Phi) is 5.60. The summed E-state index contributed by atoms with van der Waals surface area (Å²) in [5, 5.41) is 9.83. The number of anilines is 1. The molecule has 0 saturated carbocycles. The summed E-state index contributed by atoms with van der Waals surface area (Å²) in [6, 6.07) is 7.35. The van der Waals surface area contributed by atoms with Gasteiger partial charge in [-0.3, -0.25) is 10.1 Å². The lowest BCUT2D eigenvalue weighted by molar-refractivity contribution is 0.102. The van der Waals surface area contributed by atoms with Crippen LogP contribution < -0.4 is 14.8 Å². The number of ether oxygens (including phenoxy) is 2. The van der Waals surface area contributed by atoms with Gasteiger partial charge in [-0.25, -0.2) is 9.97 Å². The highest BCUT2D eigenvalue weighted by Gasteiger charge is 2.21. The largest absolute Gasteiger partial charge is 0.493 e. The van der Waals surface area contributed by atoms with Crippen LogP contribution in [0.1, 0.15) is 41.5 Å². The predicted molar refractivity (Wildman–Crippen MR) is 119 cm³/mol. The first-order valence-corrected chi connectivity index (χ1v) is 10.6. The number of amides is 1. The zero-order valence-electron chi connectivity index (χ0n) is 17.8. The summed E-state index contributed by atoms with van der Waals surface area (Å²) in [6.45, 7) is 5.81. The molecular formula is C22H22N4O4S. The van der Waals surface area contributed by atoms with E-state index in [0.29, 0.717) is 39.0 Å². The van der Waals surface area contributed by atoms with Gasteiger partial charge >= 0.3 is 0 Å². The molecule has 3 heterocycles. The topological polar surface area (TPSA) is 99.4 Å². The number of carbonyl (C=O) groups excluding carboxylic acids is 1. The van der Waals surface area contributed by atoms with Crippen molar-refractivity contribution in [1.29, 1.82) is 0 Å². The van der Waals surface area contributed by atoms with E-state index < -0.39 is 0 Å². The molecule has 31 heavy (non-hydrogen) atoms. The maximum atomic E-state index is 13.1. The number of aryl methyl sites for hydroxylation is 1. The van der Waals surface area contributed by atoms with Gasteiger partial charge in [0.25, 0.3) is 11.6 Å². The molecule has 1 N–H and O–H groups in total. The number of carbonyl (C=O) groups is 1. The molecule has 0 aliphatic heterocycles. The highest BCUT2D eigenvalue weighted by Crippen LogP contribution is 2.34. The summed E-state index contributed by atoms with van der Waals surface area (Å²) in [4.78, 5) is 22.1. The van der Waals surface area contributed by atoms with Crippen molar-refractivity contribution in [3.05, 3.63) is 46.6 Å². The summed E-state index contributed by atoms with van der Waals surface area (Å²) in [7, 11) is 3.17. The first kappa shape index (κ1) is 20.8. The Labute approximate surface area is 183 Å². The molecule has 0 unspecified atom stereocenters. The van der Waals surface area contributed by atoms with E-state index in [1.54, 1.807) is 27.2 Å². The van der Waals surface area contributed by atoms with Crippen LogP contribution in [0.15, 0.2) is 34.2 Å². The number of pyridine rings is 1. The van der Waals surface area contributed by atoms with Gasteiger partial charge in [0.2, 0.25) is 0 Å². The first-order chi connectivity index (χ1) is 14.9. The molecule has 1 aromatic carbocycles. The van der Waals surface area contributed by atoms with E-state index >= 15 is 0 Å². The van der Waals surface area contributed by atoms with E-state index in [9.17, 15) is 4.79 Å². The summed E-state index contributed by atoms with van der Waals surface area (Å²) < 4.78 is 16.0. The third kappa shape index (κ3) is 3.96. The van der Waals surface area contributed by atoms with Crippen LogP contribution in [0.2, 0.25) is 0 Å². The molecule has 8 nitrogen and oxygen atoms in total. The summed E-state index contributed by atoms with van der Waals surface area (Å²) in [6.07, 6.45) is 0. The predicted octanol–water partition coefficient (Wildman–Crippen LogP) is 5.05. The van der Waals surface area contributed by atoms with Crippen molar-refractivity contribution in [2.75, 3.05) is 19.5 Å². The highest BCUT2D eigenvalue weighted by molar-refractivity contribution is 7.14. The molecule has 160 valence electrons. The highest BCUT2D eigenvalue weighted by atomic mass is 32.1. The van der Waals surface area contributed by atoms with Crippen molar-refractivity contribution in [3.8, 4) is 22.8 Å².